The summed E-state index contributed by atoms with van der Waals surface area (Å²) in [5.74, 6) is -0.162. The summed E-state index contributed by atoms with van der Waals surface area (Å²) in [5, 5.41) is 10.4. The van der Waals surface area contributed by atoms with Gasteiger partial charge in [-0.2, -0.15) is 0 Å². The van der Waals surface area contributed by atoms with Crippen LogP contribution in [0.3, 0.4) is 0 Å². The second-order valence-corrected chi connectivity index (χ2v) is 5.38. The Morgan fingerprint density at radius 1 is 1.29 bits per heavy atom. The number of nitro benzene ring substituents is 1. The molecule has 0 aromatic heterocycles. The van der Waals surface area contributed by atoms with Crippen molar-refractivity contribution in [2.75, 3.05) is 6.54 Å². The third-order valence-corrected chi connectivity index (χ3v) is 3.43. The van der Waals surface area contributed by atoms with Crippen molar-refractivity contribution in [3.05, 3.63) is 39.9 Å². The lowest BCUT2D eigenvalue weighted by molar-refractivity contribution is -0.384. The monoisotopic (exact) mass is 258 g/mol. The topological polar surface area (TPSA) is 89.3 Å². The first-order valence-corrected chi connectivity index (χ1v) is 6.80. The smallest absolute Gasteiger partial charge is 0.258 e. The van der Waals surface area contributed by atoms with Gasteiger partial charge in [0.25, 0.3) is 5.69 Å². The molecule has 0 fully saturated rings. The molecule has 94 valence electrons. The molecule has 0 aliphatic carbocycles. The molecule has 1 rings (SSSR count). The predicted octanol–water partition coefficient (Wildman–Crippen LogP) is 1.42. The van der Waals surface area contributed by atoms with Crippen molar-refractivity contribution >= 4 is 15.7 Å². The van der Waals surface area contributed by atoms with Gasteiger partial charge < -0.3 is 0 Å². The minimum absolute atomic E-state index is 0.0485. The summed E-state index contributed by atoms with van der Waals surface area (Å²) in [6.45, 7) is 2.27. The molecule has 0 unspecified atom stereocenters. The zero-order chi connectivity index (χ0) is 12.9. The second kappa shape index (κ2) is 5.74. The Labute approximate surface area is 99.9 Å². The maximum Gasteiger partial charge on any atom is 0.269 e. The Hall–Kier alpha value is -1.47. The second-order valence-electron chi connectivity index (χ2n) is 3.58. The number of nitro groups is 1. The standard InChI is InChI=1S/C10H14N2O4S/c1-2-7-11-17(15,16)8-9-3-5-10(6-4-9)12(13)14/h3-6,11H,2,7-8H2,1H3. The molecule has 7 heteroatoms. The Balaban J connectivity index is 2.72. The first-order chi connectivity index (χ1) is 7.94. The molecule has 1 aromatic carbocycles. The highest BCUT2D eigenvalue weighted by Crippen LogP contribution is 2.13. The predicted molar refractivity (Wildman–Crippen MR) is 64.0 cm³/mol. The fourth-order valence-corrected chi connectivity index (χ4v) is 2.49. The van der Waals surface area contributed by atoms with Crippen LogP contribution in [0.15, 0.2) is 24.3 Å². The summed E-state index contributed by atoms with van der Waals surface area (Å²) < 4.78 is 25.5. The molecular weight excluding hydrogens is 244 g/mol. The number of hydrogen-bond acceptors (Lipinski definition) is 4. The van der Waals surface area contributed by atoms with Crippen LogP contribution in [0.25, 0.3) is 0 Å². The highest BCUT2D eigenvalue weighted by Gasteiger charge is 2.11. The van der Waals surface area contributed by atoms with Crippen molar-refractivity contribution in [3.63, 3.8) is 0 Å². The molecule has 0 amide bonds. The van der Waals surface area contributed by atoms with Crippen molar-refractivity contribution < 1.29 is 13.3 Å². The molecule has 0 bridgehead atoms. The van der Waals surface area contributed by atoms with E-state index in [9.17, 15) is 18.5 Å². The van der Waals surface area contributed by atoms with E-state index in [-0.39, 0.29) is 11.4 Å². The van der Waals surface area contributed by atoms with Crippen LogP contribution in [-0.2, 0) is 15.8 Å². The van der Waals surface area contributed by atoms with E-state index in [0.29, 0.717) is 12.1 Å². The lowest BCUT2D eigenvalue weighted by Gasteiger charge is -2.05. The Morgan fingerprint density at radius 3 is 2.35 bits per heavy atom. The van der Waals surface area contributed by atoms with Gasteiger partial charge in [-0.1, -0.05) is 19.1 Å². The van der Waals surface area contributed by atoms with Crippen LogP contribution in [0.2, 0.25) is 0 Å². The molecule has 0 saturated heterocycles. The van der Waals surface area contributed by atoms with Crippen LogP contribution in [0.5, 0.6) is 0 Å². The first-order valence-electron chi connectivity index (χ1n) is 5.15. The summed E-state index contributed by atoms with van der Waals surface area (Å²) in [5.41, 5.74) is 0.479. The van der Waals surface area contributed by atoms with Crippen LogP contribution in [0.4, 0.5) is 5.69 Å². The third kappa shape index (κ3) is 4.49. The quantitative estimate of drug-likeness (QED) is 0.617. The molecule has 0 aliphatic heterocycles. The van der Waals surface area contributed by atoms with Crippen molar-refractivity contribution in [1.82, 2.24) is 4.72 Å². The van der Waals surface area contributed by atoms with E-state index in [4.69, 9.17) is 0 Å². The molecule has 1 N–H and O–H groups in total. The lowest BCUT2D eigenvalue weighted by atomic mass is 10.2. The fourth-order valence-electron chi connectivity index (χ4n) is 1.24. The van der Waals surface area contributed by atoms with Crippen LogP contribution < -0.4 is 4.72 Å². The largest absolute Gasteiger partial charge is 0.269 e. The summed E-state index contributed by atoms with van der Waals surface area (Å²) >= 11 is 0. The zero-order valence-electron chi connectivity index (χ0n) is 9.42. The fraction of sp³-hybridized carbons (Fsp3) is 0.400. The van der Waals surface area contributed by atoms with Gasteiger partial charge in [0.2, 0.25) is 10.0 Å². The van der Waals surface area contributed by atoms with Gasteiger partial charge in [-0.25, -0.2) is 13.1 Å². The highest BCUT2D eigenvalue weighted by molar-refractivity contribution is 7.88. The molecule has 0 saturated carbocycles. The zero-order valence-corrected chi connectivity index (χ0v) is 10.2. The molecule has 0 aliphatic rings. The minimum Gasteiger partial charge on any atom is -0.258 e. The number of non-ortho nitro benzene ring substituents is 1. The van der Waals surface area contributed by atoms with Gasteiger partial charge in [-0.15, -0.1) is 0 Å². The van der Waals surface area contributed by atoms with E-state index in [1.807, 2.05) is 6.92 Å². The first kappa shape index (κ1) is 13.6. The maximum atomic E-state index is 11.5. The van der Waals surface area contributed by atoms with Crippen LogP contribution in [-0.4, -0.2) is 19.9 Å². The number of benzene rings is 1. The summed E-state index contributed by atoms with van der Waals surface area (Å²) in [6, 6.07) is 5.49. The normalized spacial score (nSPS) is 11.4. The van der Waals surface area contributed by atoms with Gasteiger partial charge >= 0.3 is 0 Å². The molecule has 0 heterocycles. The van der Waals surface area contributed by atoms with Crippen LogP contribution >= 0.6 is 0 Å². The molecule has 0 radical (unpaired) electrons. The number of nitrogens with one attached hydrogen (secondary N) is 1. The Morgan fingerprint density at radius 2 is 1.88 bits per heavy atom. The van der Waals surface area contributed by atoms with E-state index in [0.717, 1.165) is 6.42 Å². The summed E-state index contributed by atoms with van der Waals surface area (Å²) in [6.07, 6.45) is 0.722. The van der Waals surface area contributed by atoms with E-state index < -0.39 is 14.9 Å². The summed E-state index contributed by atoms with van der Waals surface area (Å²) in [7, 11) is -3.35. The van der Waals surface area contributed by atoms with Crippen molar-refractivity contribution in [1.29, 1.82) is 0 Å². The SMILES string of the molecule is CCCNS(=O)(=O)Cc1ccc([N+](=O)[O-])cc1. The van der Waals surface area contributed by atoms with Crippen LogP contribution in [0, 0.1) is 10.1 Å². The molecule has 0 atom stereocenters. The van der Waals surface area contributed by atoms with E-state index in [2.05, 4.69) is 4.72 Å². The van der Waals surface area contributed by atoms with Gasteiger partial charge in [-0.3, -0.25) is 10.1 Å². The molecular formula is C10H14N2O4S. The average Bonchev–Trinajstić information content (AvgIpc) is 2.26. The van der Waals surface area contributed by atoms with Gasteiger partial charge in [0.05, 0.1) is 10.7 Å². The van der Waals surface area contributed by atoms with E-state index in [1.54, 1.807) is 0 Å². The number of nitrogens with zero attached hydrogens (tertiary/aromatic N) is 1. The number of hydrogen-bond donors (Lipinski definition) is 1. The lowest BCUT2D eigenvalue weighted by Crippen LogP contribution is -2.25. The van der Waals surface area contributed by atoms with Crippen molar-refractivity contribution in [3.8, 4) is 0 Å². The molecule has 17 heavy (non-hydrogen) atoms. The number of sulfonamides is 1. The minimum atomic E-state index is -3.35. The third-order valence-electron chi connectivity index (χ3n) is 2.08. The highest BCUT2D eigenvalue weighted by atomic mass is 32.2. The van der Waals surface area contributed by atoms with Crippen molar-refractivity contribution in [2.45, 2.75) is 19.1 Å². The van der Waals surface area contributed by atoms with Crippen LogP contribution in [0.1, 0.15) is 18.9 Å². The molecule has 0 spiro atoms. The van der Waals surface area contributed by atoms with E-state index in [1.165, 1.54) is 24.3 Å². The molecule has 6 nitrogen and oxygen atoms in total. The number of rotatable bonds is 6. The van der Waals surface area contributed by atoms with Gasteiger partial charge in [0.1, 0.15) is 0 Å². The maximum absolute atomic E-state index is 11.5. The Kier molecular flexibility index (Phi) is 4.59. The average molecular weight is 258 g/mol. The van der Waals surface area contributed by atoms with Gasteiger partial charge in [0.15, 0.2) is 0 Å². The summed E-state index contributed by atoms with van der Waals surface area (Å²) in [4.78, 5) is 9.89. The van der Waals surface area contributed by atoms with Gasteiger partial charge in [0, 0.05) is 18.7 Å². The van der Waals surface area contributed by atoms with Crippen molar-refractivity contribution in [2.24, 2.45) is 0 Å². The van der Waals surface area contributed by atoms with E-state index >= 15 is 0 Å². The van der Waals surface area contributed by atoms with Gasteiger partial charge in [-0.05, 0) is 12.0 Å². The Bertz CT molecular complexity index is 482. The molecule has 1 aromatic rings.